The molecule has 0 unspecified atom stereocenters. The Hall–Kier alpha value is -4.56. The van der Waals surface area contributed by atoms with Gasteiger partial charge in [-0.25, -0.2) is 23.4 Å². The van der Waals surface area contributed by atoms with Crippen LogP contribution < -0.4 is 20.3 Å². The Bertz CT molecular complexity index is 1740. The first-order valence-corrected chi connectivity index (χ1v) is 15.9. The van der Waals surface area contributed by atoms with Gasteiger partial charge in [0.1, 0.15) is 19.0 Å². The largest absolute Gasteiger partial charge is 0.489 e. The van der Waals surface area contributed by atoms with Crippen molar-refractivity contribution in [3.05, 3.63) is 101 Å². The van der Waals surface area contributed by atoms with Gasteiger partial charge in [0.05, 0.1) is 16.3 Å². The van der Waals surface area contributed by atoms with Gasteiger partial charge >= 0.3 is 6.09 Å². The summed E-state index contributed by atoms with van der Waals surface area (Å²) in [4.78, 5) is 30.9. The summed E-state index contributed by atoms with van der Waals surface area (Å²) in [6.45, 7) is 4.52. The minimum atomic E-state index is -4.00. The Morgan fingerprint density at radius 2 is 1.71 bits per heavy atom. The number of para-hydroxylation sites is 1. The number of hydrogen-bond donors (Lipinski definition) is 4. The molecule has 1 aliphatic heterocycles. The summed E-state index contributed by atoms with van der Waals surface area (Å²) in [6, 6.07) is 22.3. The number of aryl methyl sites for hydroxylation is 1. The Labute approximate surface area is 261 Å². The Balaban J connectivity index is 1.18. The minimum absolute atomic E-state index is 0.00939. The SMILES string of the molecule is Cc1cc(COc2ccc(S(=O)(=O)NC[C@@H](C(=O)NO)c3ccc(COC(=O)N4CCNCC4)cc3)cc2)c2ccccc2n1. The van der Waals surface area contributed by atoms with Crippen molar-refractivity contribution in [2.75, 3.05) is 32.7 Å². The highest BCUT2D eigenvalue weighted by Crippen LogP contribution is 2.23. The Morgan fingerprint density at radius 3 is 2.42 bits per heavy atom. The van der Waals surface area contributed by atoms with Gasteiger partial charge in [-0.3, -0.25) is 15.0 Å². The molecule has 236 valence electrons. The van der Waals surface area contributed by atoms with Crippen LogP contribution >= 0.6 is 0 Å². The maximum atomic E-state index is 13.1. The van der Waals surface area contributed by atoms with E-state index < -0.39 is 27.9 Å². The molecule has 1 aromatic heterocycles. The van der Waals surface area contributed by atoms with Crippen molar-refractivity contribution in [3.8, 4) is 5.75 Å². The predicted octanol–water partition coefficient (Wildman–Crippen LogP) is 3.23. The molecular weight excluding hydrogens is 598 g/mol. The van der Waals surface area contributed by atoms with Gasteiger partial charge in [-0.15, -0.1) is 0 Å². The molecule has 5 rings (SSSR count). The standard InChI is InChI=1S/C32H35N5O7S/c1-22-18-25(28-4-2-3-5-30(28)35-22)21-43-26-10-12-27(13-11-26)45(41,42)34-19-29(31(38)36-40)24-8-6-23(7-9-24)20-44-32(39)37-16-14-33-15-17-37/h2-13,18,29,33-34,40H,14-17,19-21H2,1H3,(H,36,38)/t29-/m1/s1. The monoisotopic (exact) mass is 633 g/mol. The molecule has 0 aliphatic carbocycles. The number of hydrogen-bond acceptors (Lipinski definition) is 9. The number of nitrogens with one attached hydrogen (secondary N) is 3. The molecule has 13 heteroatoms. The number of pyridine rings is 1. The minimum Gasteiger partial charge on any atom is -0.489 e. The zero-order valence-corrected chi connectivity index (χ0v) is 25.5. The number of piperazine rings is 1. The first-order valence-electron chi connectivity index (χ1n) is 14.5. The van der Waals surface area contributed by atoms with Crippen molar-refractivity contribution in [2.45, 2.75) is 31.0 Å². The second kappa shape index (κ2) is 14.5. The van der Waals surface area contributed by atoms with E-state index >= 15 is 0 Å². The molecule has 1 fully saturated rings. The van der Waals surface area contributed by atoms with Gasteiger partial charge in [0.25, 0.3) is 5.91 Å². The van der Waals surface area contributed by atoms with E-state index in [1.165, 1.54) is 12.1 Å². The third-order valence-electron chi connectivity index (χ3n) is 7.48. The molecule has 45 heavy (non-hydrogen) atoms. The number of fused-ring (bicyclic) bond motifs is 1. The summed E-state index contributed by atoms with van der Waals surface area (Å²) >= 11 is 0. The fraction of sp³-hybridized carbons (Fsp3) is 0.281. The lowest BCUT2D eigenvalue weighted by Crippen LogP contribution is -2.46. The summed E-state index contributed by atoms with van der Waals surface area (Å²) in [6.07, 6.45) is -0.399. The summed E-state index contributed by atoms with van der Waals surface area (Å²) < 4.78 is 39.9. The zero-order chi connectivity index (χ0) is 31.8. The topological polar surface area (TPSA) is 159 Å². The Kier molecular flexibility index (Phi) is 10.2. The molecule has 0 radical (unpaired) electrons. The number of amides is 2. The van der Waals surface area contributed by atoms with Crippen molar-refractivity contribution in [3.63, 3.8) is 0 Å². The molecule has 0 saturated carbocycles. The second-order valence-electron chi connectivity index (χ2n) is 10.6. The summed E-state index contributed by atoms with van der Waals surface area (Å²) in [5.74, 6) is -1.31. The van der Waals surface area contributed by atoms with Crippen LogP contribution in [0.2, 0.25) is 0 Å². The number of aromatic nitrogens is 1. The van der Waals surface area contributed by atoms with E-state index in [2.05, 4.69) is 15.0 Å². The lowest BCUT2D eigenvalue weighted by Gasteiger charge is -2.26. The number of nitrogens with zero attached hydrogens (tertiary/aromatic N) is 2. The molecule has 1 saturated heterocycles. The highest BCUT2D eigenvalue weighted by atomic mass is 32.2. The maximum Gasteiger partial charge on any atom is 0.410 e. The zero-order valence-electron chi connectivity index (χ0n) is 24.7. The number of carbonyl (C=O) groups is 2. The fourth-order valence-electron chi connectivity index (χ4n) is 5.04. The third kappa shape index (κ3) is 8.13. The molecule has 2 heterocycles. The van der Waals surface area contributed by atoms with Crippen molar-refractivity contribution in [1.29, 1.82) is 0 Å². The summed E-state index contributed by atoms with van der Waals surface area (Å²) in [5.41, 5.74) is 5.48. The number of benzene rings is 3. The van der Waals surface area contributed by atoms with E-state index in [0.717, 1.165) is 22.2 Å². The Morgan fingerprint density at radius 1 is 1.00 bits per heavy atom. The normalized spacial score (nSPS) is 14.1. The summed E-state index contributed by atoms with van der Waals surface area (Å²) in [7, 11) is -4.00. The molecule has 1 atom stereocenters. The third-order valence-corrected chi connectivity index (χ3v) is 8.92. The van der Waals surface area contributed by atoms with Gasteiger partial charge in [0.15, 0.2) is 0 Å². The van der Waals surface area contributed by atoms with Crippen LogP contribution in [0.3, 0.4) is 0 Å². The number of carbonyl (C=O) groups excluding carboxylic acids is 2. The number of hydroxylamine groups is 1. The highest BCUT2D eigenvalue weighted by molar-refractivity contribution is 7.89. The molecule has 1 aliphatic rings. The second-order valence-corrected chi connectivity index (χ2v) is 12.4. The van der Waals surface area contributed by atoms with Gasteiger partial charge < -0.3 is 19.7 Å². The van der Waals surface area contributed by atoms with Gasteiger partial charge in [-0.05, 0) is 54.4 Å². The van der Waals surface area contributed by atoms with Crippen LogP contribution in [-0.4, -0.2) is 68.2 Å². The quantitative estimate of drug-likeness (QED) is 0.144. The molecule has 12 nitrogen and oxygen atoms in total. The van der Waals surface area contributed by atoms with E-state index in [4.69, 9.17) is 9.47 Å². The molecule has 4 aromatic rings. The van der Waals surface area contributed by atoms with Gasteiger partial charge in [0, 0.05) is 49.4 Å². The number of ether oxygens (including phenoxy) is 2. The van der Waals surface area contributed by atoms with Crippen molar-refractivity contribution in [1.82, 2.24) is 25.4 Å². The van der Waals surface area contributed by atoms with Crippen LogP contribution in [0.5, 0.6) is 5.75 Å². The first-order chi connectivity index (χ1) is 21.7. The van der Waals surface area contributed by atoms with Crippen LogP contribution in [0.1, 0.15) is 28.3 Å². The molecule has 3 aromatic carbocycles. The van der Waals surface area contributed by atoms with Gasteiger partial charge in [-0.1, -0.05) is 42.5 Å². The molecule has 2 amide bonds. The fourth-order valence-corrected chi connectivity index (χ4v) is 6.08. The van der Waals surface area contributed by atoms with Crippen molar-refractivity contribution in [2.24, 2.45) is 0 Å². The number of sulfonamides is 1. The molecular formula is C32H35N5O7S. The van der Waals surface area contributed by atoms with Crippen LogP contribution in [0.15, 0.2) is 83.8 Å². The van der Waals surface area contributed by atoms with Gasteiger partial charge in [-0.2, -0.15) is 0 Å². The highest BCUT2D eigenvalue weighted by Gasteiger charge is 2.24. The van der Waals surface area contributed by atoms with E-state index in [0.29, 0.717) is 43.1 Å². The molecule has 4 N–H and O–H groups in total. The van der Waals surface area contributed by atoms with Crippen LogP contribution in [0, 0.1) is 6.92 Å². The average molecular weight is 634 g/mol. The molecule has 0 bridgehead atoms. The van der Waals surface area contributed by atoms with E-state index in [9.17, 15) is 23.2 Å². The smallest absolute Gasteiger partial charge is 0.410 e. The lowest BCUT2D eigenvalue weighted by molar-refractivity contribution is -0.130. The summed E-state index contributed by atoms with van der Waals surface area (Å²) in [5, 5.41) is 13.5. The van der Waals surface area contributed by atoms with Crippen LogP contribution in [0.4, 0.5) is 4.79 Å². The van der Waals surface area contributed by atoms with Crippen molar-refractivity contribution >= 4 is 32.9 Å². The van der Waals surface area contributed by atoms with Crippen LogP contribution in [0.25, 0.3) is 10.9 Å². The lowest BCUT2D eigenvalue weighted by atomic mass is 9.97. The maximum absolute atomic E-state index is 13.1. The first kappa shape index (κ1) is 31.9. The van der Waals surface area contributed by atoms with E-state index in [-0.39, 0.29) is 24.7 Å². The average Bonchev–Trinajstić information content (AvgIpc) is 3.07. The van der Waals surface area contributed by atoms with E-state index in [1.54, 1.807) is 46.8 Å². The number of rotatable bonds is 11. The van der Waals surface area contributed by atoms with Crippen molar-refractivity contribution < 1.29 is 32.7 Å². The van der Waals surface area contributed by atoms with E-state index in [1.807, 2.05) is 37.3 Å². The molecule has 0 spiro atoms. The van der Waals surface area contributed by atoms with Crippen LogP contribution in [-0.2, 0) is 32.8 Å². The predicted molar refractivity (Wildman–Crippen MR) is 166 cm³/mol. The van der Waals surface area contributed by atoms with Gasteiger partial charge in [0.2, 0.25) is 10.0 Å².